The first-order valence-electron chi connectivity index (χ1n) is 22.5. The van der Waals surface area contributed by atoms with Crippen molar-refractivity contribution < 1.29 is 66.7 Å². The molecule has 5 aromatic rings. The number of hydrogen-bond donors (Lipinski definition) is 2. The van der Waals surface area contributed by atoms with Crippen LogP contribution < -0.4 is 29.4 Å². The summed E-state index contributed by atoms with van der Waals surface area (Å²) in [5.74, 6) is -2.46. The highest BCUT2D eigenvalue weighted by Gasteiger charge is 2.33. The van der Waals surface area contributed by atoms with Crippen LogP contribution >= 0.6 is 11.3 Å². The number of aromatic nitrogens is 1. The second-order valence-corrected chi connectivity index (χ2v) is 17.2. The number of nitrogen functional groups attached to an aromatic ring is 1. The van der Waals surface area contributed by atoms with E-state index < -0.39 is 29.8 Å². The smallest absolute Gasteiger partial charge is 0.333 e. The molecular weight excluding hydrogens is 971 g/mol. The summed E-state index contributed by atoms with van der Waals surface area (Å²) < 4.78 is 43.6. The molecule has 2 fully saturated rings. The molecule has 1 aromatic heterocycles. The Balaban J connectivity index is 0.00000119. The minimum Gasteiger partial charge on any atom is -0.465 e. The number of nitrogens with two attached hydrogens (primary N) is 1. The average molecular weight is 1040 g/mol. The first-order valence-corrected chi connectivity index (χ1v) is 23.3. The van der Waals surface area contributed by atoms with Crippen molar-refractivity contribution >= 4 is 68.7 Å². The van der Waals surface area contributed by atoms with E-state index in [0.717, 1.165) is 34.1 Å². The first-order chi connectivity index (χ1) is 33.9. The van der Waals surface area contributed by atoms with E-state index in [1.54, 1.807) is 66.7 Å². The van der Waals surface area contributed by atoms with E-state index in [2.05, 4.69) is 18.1 Å². The van der Waals surface area contributed by atoms with Crippen molar-refractivity contribution in [1.29, 1.82) is 5.41 Å². The summed E-state index contributed by atoms with van der Waals surface area (Å²) in [6.07, 6.45) is 7.27. The van der Waals surface area contributed by atoms with Crippen LogP contribution in [0.3, 0.4) is 0 Å². The van der Waals surface area contributed by atoms with Gasteiger partial charge in [-0.1, -0.05) is 72.4 Å². The molecule has 18 heteroatoms. The summed E-state index contributed by atoms with van der Waals surface area (Å²) >= 11 is 1.52. The lowest BCUT2D eigenvalue weighted by Crippen LogP contribution is -2.30. The summed E-state index contributed by atoms with van der Waals surface area (Å²) in [5.41, 5.74) is 7.68. The van der Waals surface area contributed by atoms with E-state index in [0.29, 0.717) is 91.5 Å². The van der Waals surface area contributed by atoms with Crippen LogP contribution in [0.25, 0.3) is 10.2 Å². The summed E-state index contributed by atoms with van der Waals surface area (Å²) in [6.45, 7) is 6.17. The third-order valence-electron chi connectivity index (χ3n) is 11.4. The molecule has 0 amide bonds. The van der Waals surface area contributed by atoms with Gasteiger partial charge in [-0.3, -0.25) is 19.2 Å². The predicted octanol–water partition coefficient (Wildman–Crippen LogP) is 11.1. The number of ether oxygens (including phenoxy) is 8. The number of carbonyl (C=O) groups excluding carboxylic acids is 6. The van der Waals surface area contributed by atoms with Crippen molar-refractivity contribution in [3.05, 3.63) is 127 Å². The van der Waals surface area contributed by atoms with E-state index in [1.165, 1.54) is 11.3 Å². The Morgan fingerprint density at radius 2 is 1.01 bits per heavy atom. The Hall–Kier alpha value is -7.86. The first kappa shape index (κ1) is 62.3. The normalized spacial score (nSPS) is 16.3. The molecule has 1 heterocycles. The lowest BCUT2D eigenvalue weighted by Gasteiger charge is -2.26. The van der Waals surface area contributed by atoms with Crippen molar-refractivity contribution in [2.45, 2.75) is 87.5 Å². The van der Waals surface area contributed by atoms with Crippen LogP contribution in [-0.4, -0.2) is 67.2 Å². The highest BCUT2D eigenvalue weighted by molar-refractivity contribution is 7.22. The summed E-state index contributed by atoms with van der Waals surface area (Å²) in [4.78, 5) is 77.9. The summed E-state index contributed by atoms with van der Waals surface area (Å²) in [5, 5.41) is 8.54. The molecule has 7 rings (SSSR count). The lowest BCUT2D eigenvalue weighted by atomic mass is 9.82. The summed E-state index contributed by atoms with van der Waals surface area (Å²) in [7, 11) is 0. The zero-order valence-electron chi connectivity index (χ0n) is 38.2. The van der Waals surface area contributed by atoms with Crippen LogP contribution in [0, 0.1) is 29.1 Å². The third-order valence-corrected chi connectivity index (χ3v) is 12.3. The Morgan fingerprint density at radius 3 is 1.46 bits per heavy atom. The molecule has 0 aliphatic heterocycles. The van der Waals surface area contributed by atoms with Crippen LogP contribution in [0.1, 0.15) is 92.2 Å². The van der Waals surface area contributed by atoms with E-state index in [4.69, 9.17) is 49.0 Å². The van der Waals surface area contributed by atoms with Gasteiger partial charge in [-0.15, -0.1) is 0 Å². The van der Waals surface area contributed by atoms with Gasteiger partial charge in [-0.25, -0.2) is 14.6 Å². The lowest BCUT2D eigenvalue weighted by molar-refractivity contribution is -0.152. The minimum absolute atomic E-state index is 0. The molecule has 2 aliphatic carbocycles. The Kier molecular flexibility index (Phi) is 26.6. The number of esters is 6. The fourth-order valence-electron chi connectivity index (χ4n) is 7.59. The monoisotopic (exact) mass is 1040 g/mol. The van der Waals surface area contributed by atoms with Gasteiger partial charge in [0.2, 0.25) is 13.6 Å². The van der Waals surface area contributed by atoms with Crippen LogP contribution in [0.4, 0.5) is 5.13 Å². The number of anilines is 1. The van der Waals surface area contributed by atoms with Gasteiger partial charge < -0.3 is 49.0 Å². The molecule has 0 bridgehead atoms. The zero-order chi connectivity index (χ0) is 49.8. The topological polar surface area (TPSA) is 239 Å². The van der Waals surface area contributed by atoms with Gasteiger partial charge in [-0.2, -0.15) is 0 Å². The Labute approximate surface area is 437 Å². The van der Waals surface area contributed by atoms with Gasteiger partial charge in [0.05, 0.1) is 40.5 Å². The second-order valence-electron chi connectivity index (χ2n) is 16.1. The van der Waals surface area contributed by atoms with Crippen molar-refractivity contribution in [2.24, 2.45) is 23.7 Å². The van der Waals surface area contributed by atoms with Gasteiger partial charge in [0.25, 0.3) is 0 Å². The number of carbonyl (C=O) groups is 6. The molecule has 398 valence electrons. The standard InChI is InChI=1S/C45H47NO14.C7H6N2S.4CH4/c1-3-40(47)56-27-54-35-14-18-37(19-15-35)58-43(50)31-8-6-30(7-9-31)42(49)53-24-23-29-5-22-39(34(25-29)26-46)60-45(52)33-12-10-32(11-13-33)44(51)59-38-20-16-36(17-21-38)55-28-57-41(48)4-2;8-7-9-5-3-1-2-4-6(5)10-7;;;;/h3-5,14-22,25-26,30-33,46H,1-2,6-13,23-24,27-28H2;1-4H,(H2,8,9);4*1H4. The average Bonchev–Trinajstić information content (AvgIpc) is 3.78. The number of hydrogen-bond acceptors (Lipinski definition) is 18. The van der Waals surface area contributed by atoms with E-state index in [9.17, 15) is 28.8 Å². The molecule has 0 radical (unpaired) electrons. The van der Waals surface area contributed by atoms with Crippen LogP contribution in [0.15, 0.2) is 116 Å². The van der Waals surface area contributed by atoms with Crippen LogP contribution in [-0.2, 0) is 49.4 Å². The van der Waals surface area contributed by atoms with Gasteiger partial charge in [0.15, 0.2) is 5.13 Å². The van der Waals surface area contributed by atoms with E-state index in [1.807, 2.05) is 24.3 Å². The molecule has 17 nitrogen and oxygen atoms in total. The maximum atomic E-state index is 13.1. The molecule has 3 N–H and O–H groups in total. The molecule has 0 atom stereocenters. The fourth-order valence-corrected chi connectivity index (χ4v) is 8.33. The number of rotatable bonds is 19. The number of para-hydroxylation sites is 1. The summed E-state index contributed by atoms with van der Waals surface area (Å²) in [6, 6.07) is 25.6. The molecule has 2 saturated carbocycles. The molecule has 2 aliphatic rings. The van der Waals surface area contributed by atoms with Gasteiger partial charge in [0.1, 0.15) is 28.7 Å². The quantitative estimate of drug-likeness (QED) is 0.0195. The maximum absolute atomic E-state index is 13.1. The molecule has 0 spiro atoms. The van der Waals surface area contributed by atoms with Gasteiger partial charge >= 0.3 is 35.8 Å². The Bertz CT molecular complexity index is 2600. The zero-order valence-corrected chi connectivity index (χ0v) is 39.1. The number of nitrogens with zero attached hydrogens (tertiary/aromatic N) is 1. The van der Waals surface area contributed by atoms with Gasteiger partial charge in [0, 0.05) is 30.4 Å². The largest absolute Gasteiger partial charge is 0.465 e. The number of nitrogens with one attached hydrogen (secondary N) is 1. The van der Waals surface area contributed by atoms with Crippen molar-refractivity contribution in [3.8, 4) is 28.7 Å². The van der Waals surface area contributed by atoms with Crippen molar-refractivity contribution in [3.63, 3.8) is 0 Å². The highest BCUT2D eigenvalue weighted by atomic mass is 32.1. The molecular formula is C56H69N3O14S. The molecule has 4 aromatic carbocycles. The fraction of sp³-hybridized carbons (Fsp3) is 0.357. The van der Waals surface area contributed by atoms with E-state index in [-0.39, 0.29) is 85.3 Å². The van der Waals surface area contributed by atoms with Crippen LogP contribution in [0.2, 0.25) is 0 Å². The van der Waals surface area contributed by atoms with Gasteiger partial charge in [-0.05, 0) is 130 Å². The number of benzene rings is 4. The number of fused-ring (bicyclic) bond motifs is 1. The van der Waals surface area contributed by atoms with E-state index >= 15 is 0 Å². The maximum Gasteiger partial charge on any atom is 0.333 e. The van der Waals surface area contributed by atoms with Crippen LogP contribution in [0.5, 0.6) is 28.7 Å². The third kappa shape index (κ3) is 19.0. The predicted molar refractivity (Wildman–Crippen MR) is 284 cm³/mol. The minimum atomic E-state index is -0.609. The molecule has 0 saturated heterocycles. The SMILES string of the molecule is C.C.C.C.C=CC(=O)OCOc1ccc(OC(=O)C2CCC(C(=O)OCCc3ccc(OC(=O)C4CCC(C(=O)Oc5ccc(OCOC(=O)C=C)cc5)CC4)c(C=N)c3)CC2)cc1.Nc1nc2ccccc2s1. The van der Waals surface area contributed by atoms with Crippen molar-refractivity contribution in [2.75, 3.05) is 25.9 Å². The molecule has 0 unspecified atom stereocenters. The second kappa shape index (κ2) is 31.6. The van der Waals surface area contributed by atoms with Crippen molar-refractivity contribution in [1.82, 2.24) is 4.98 Å². The Morgan fingerprint density at radius 1 is 0.581 bits per heavy atom. The number of thiazole rings is 1. The highest BCUT2D eigenvalue weighted by Crippen LogP contribution is 2.34. The molecule has 74 heavy (non-hydrogen) atoms.